The second kappa shape index (κ2) is 9.96. The van der Waals surface area contributed by atoms with Crippen LogP contribution in [0.2, 0.25) is 0 Å². The Balaban J connectivity index is 4.40. The molecular formula is C10H18O4S3. The van der Waals surface area contributed by atoms with Gasteiger partial charge in [0.25, 0.3) is 0 Å². The third-order valence-corrected chi connectivity index (χ3v) is 5.58. The summed E-state index contributed by atoms with van der Waals surface area (Å²) in [6.45, 7) is 4.22. The molecule has 0 saturated carbocycles. The maximum atomic E-state index is 11.6. The van der Waals surface area contributed by atoms with Gasteiger partial charge in [-0.25, -0.2) is 9.59 Å². The van der Waals surface area contributed by atoms with Gasteiger partial charge < -0.3 is 9.47 Å². The largest absolute Gasteiger partial charge is 0.465 e. The van der Waals surface area contributed by atoms with E-state index in [2.05, 4.69) is 0 Å². The Labute approximate surface area is 115 Å². The van der Waals surface area contributed by atoms with E-state index in [1.54, 1.807) is 13.8 Å². The molecule has 0 aromatic carbocycles. The normalized spacial score (nSPS) is 13.9. The quantitative estimate of drug-likeness (QED) is 0.503. The van der Waals surface area contributed by atoms with Gasteiger partial charge in [0.1, 0.15) is 9.16 Å². The molecule has 0 aromatic rings. The predicted molar refractivity (Wildman–Crippen MR) is 75.5 cm³/mol. The number of esters is 2. The molecular weight excluding hydrogens is 280 g/mol. The fourth-order valence-electron chi connectivity index (χ4n) is 0.948. The highest BCUT2D eigenvalue weighted by atomic mass is 32.2. The molecule has 0 aliphatic carbocycles. The van der Waals surface area contributed by atoms with Gasteiger partial charge in [0, 0.05) is 0 Å². The molecule has 0 heterocycles. The molecule has 0 aliphatic heterocycles. The van der Waals surface area contributed by atoms with Crippen molar-refractivity contribution in [3.63, 3.8) is 0 Å². The molecule has 4 nitrogen and oxygen atoms in total. The molecule has 0 saturated heterocycles. The summed E-state index contributed by atoms with van der Waals surface area (Å²) in [7, 11) is 0. The van der Waals surface area contributed by atoms with E-state index in [0.717, 1.165) is 0 Å². The fourth-order valence-corrected chi connectivity index (χ4v) is 3.82. The molecule has 0 N–H and O–H groups in total. The fraction of sp³-hybridized carbons (Fsp3) is 0.800. The van der Waals surface area contributed by atoms with E-state index >= 15 is 0 Å². The van der Waals surface area contributed by atoms with Crippen LogP contribution < -0.4 is 0 Å². The number of carbonyl (C=O) groups is 2. The zero-order chi connectivity index (χ0) is 13.3. The van der Waals surface area contributed by atoms with E-state index in [1.807, 2.05) is 12.5 Å². The number of rotatable bonds is 8. The number of hydrogen-bond acceptors (Lipinski definition) is 7. The first-order valence-electron chi connectivity index (χ1n) is 5.14. The van der Waals surface area contributed by atoms with Crippen LogP contribution in [0.4, 0.5) is 0 Å². The summed E-state index contributed by atoms with van der Waals surface area (Å²) in [5, 5.41) is 0. The van der Waals surface area contributed by atoms with Crippen molar-refractivity contribution in [2.24, 2.45) is 0 Å². The predicted octanol–water partition coefficient (Wildman–Crippen LogP) is 2.22. The van der Waals surface area contributed by atoms with Crippen LogP contribution in [0, 0.1) is 0 Å². The van der Waals surface area contributed by atoms with Gasteiger partial charge in [-0.05, 0) is 26.4 Å². The lowest BCUT2D eigenvalue weighted by atomic mass is 10.7. The van der Waals surface area contributed by atoms with Gasteiger partial charge in [0.15, 0.2) is 0 Å². The number of hydrogen-bond donors (Lipinski definition) is 0. The van der Waals surface area contributed by atoms with Crippen LogP contribution in [0.5, 0.6) is 0 Å². The Morgan fingerprint density at radius 3 is 1.53 bits per heavy atom. The Morgan fingerprint density at radius 1 is 0.941 bits per heavy atom. The van der Waals surface area contributed by atoms with E-state index in [9.17, 15) is 9.59 Å². The molecule has 7 heteroatoms. The Hall–Kier alpha value is -0.0100. The highest BCUT2D eigenvalue weighted by molar-refractivity contribution is 8.25. The summed E-state index contributed by atoms with van der Waals surface area (Å²) < 4.78 is 9.09. The van der Waals surface area contributed by atoms with Crippen LogP contribution in [0.1, 0.15) is 13.8 Å². The maximum absolute atomic E-state index is 11.6. The second-order valence-corrected chi connectivity index (χ2v) is 6.47. The molecule has 0 rings (SSSR count). The van der Waals surface area contributed by atoms with Crippen molar-refractivity contribution in [2.75, 3.05) is 25.7 Å². The van der Waals surface area contributed by atoms with E-state index in [1.165, 1.54) is 35.3 Å². The smallest absolute Gasteiger partial charge is 0.329 e. The van der Waals surface area contributed by atoms with Crippen molar-refractivity contribution in [3.8, 4) is 0 Å². The van der Waals surface area contributed by atoms with Gasteiger partial charge >= 0.3 is 11.9 Å². The first kappa shape index (κ1) is 17.0. The van der Waals surface area contributed by atoms with Crippen molar-refractivity contribution in [3.05, 3.63) is 0 Å². The lowest BCUT2D eigenvalue weighted by Crippen LogP contribution is -2.24. The van der Waals surface area contributed by atoms with Crippen molar-refractivity contribution in [1.82, 2.24) is 0 Å². The van der Waals surface area contributed by atoms with Gasteiger partial charge in [-0.15, -0.1) is 35.3 Å². The van der Waals surface area contributed by atoms with Crippen molar-refractivity contribution < 1.29 is 19.1 Å². The molecule has 0 aliphatic rings. The van der Waals surface area contributed by atoms with Crippen LogP contribution in [-0.2, 0) is 19.1 Å². The average Bonchev–Trinajstić information content (AvgIpc) is 2.31. The van der Waals surface area contributed by atoms with Gasteiger partial charge in [0.05, 0.1) is 13.2 Å². The minimum absolute atomic E-state index is 0.298. The Morgan fingerprint density at radius 2 is 1.29 bits per heavy atom. The summed E-state index contributed by atoms with van der Waals surface area (Å²) in [4.78, 5) is 23.2. The van der Waals surface area contributed by atoms with Crippen LogP contribution in [0.25, 0.3) is 0 Å². The molecule has 2 unspecified atom stereocenters. The van der Waals surface area contributed by atoms with E-state index < -0.39 is 9.16 Å². The number of thioether (sulfide) groups is 3. The topological polar surface area (TPSA) is 52.6 Å². The molecule has 100 valence electrons. The zero-order valence-corrected chi connectivity index (χ0v) is 12.9. The maximum Gasteiger partial charge on any atom is 0.329 e. The van der Waals surface area contributed by atoms with Gasteiger partial charge in [0.2, 0.25) is 0 Å². The van der Waals surface area contributed by atoms with Crippen LogP contribution >= 0.6 is 35.3 Å². The van der Waals surface area contributed by atoms with Crippen molar-refractivity contribution in [1.29, 1.82) is 0 Å². The average molecular weight is 298 g/mol. The van der Waals surface area contributed by atoms with Gasteiger partial charge in [-0.3, -0.25) is 0 Å². The molecule has 0 amide bonds. The first-order chi connectivity index (χ1) is 8.10. The van der Waals surface area contributed by atoms with Crippen LogP contribution in [0.15, 0.2) is 0 Å². The highest BCUT2D eigenvalue weighted by Crippen LogP contribution is 2.32. The molecule has 0 aromatic heterocycles. The number of carbonyl (C=O) groups excluding carboxylic acids is 2. The second-order valence-electron chi connectivity index (χ2n) is 2.78. The Bertz CT molecular complexity index is 224. The third-order valence-electron chi connectivity index (χ3n) is 1.63. The summed E-state index contributed by atoms with van der Waals surface area (Å²) in [6.07, 6.45) is 3.63. The van der Waals surface area contributed by atoms with Crippen LogP contribution in [-0.4, -0.2) is 46.8 Å². The summed E-state index contributed by atoms with van der Waals surface area (Å²) in [5.41, 5.74) is 0. The summed E-state index contributed by atoms with van der Waals surface area (Å²) in [5.74, 6) is -0.596. The van der Waals surface area contributed by atoms with Gasteiger partial charge in [-0.2, -0.15) is 0 Å². The lowest BCUT2D eigenvalue weighted by Gasteiger charge is -2.18. The summed E-state index contributed by atoms with van der Waals surface area (Å²) >= 11 is 3.99. The number of ether oxygens (including phenoxy) is 2. The molecule has 2 atom stereocenters. The molecule has 0 fully saturated rings. The van der Waals surface area contributed by atoms with E-state index in [4.69, 9.17) is 9.47 Å². The monoisotopic (exact) mass is 298 g/mol. The van der Waals surface area contributed by atoms with Crippen molar-refractivity contribution >= 4 is 47.2 Å². The minimum Gasteiger partial charge on any atom is -0.465 e. The first-order valence-corrected chi connectivity index (χ1v) is 8.66. The molecule has 0 bridgehead atoms. The van der Waals surface area contributed by atoms with E-state index in [-0.39, 0.29) is 11.9 Å². The van der Waals surface area contributed by atoms with E-state index in [0.29, 0.717) is 13.2 Å². The SMILES string of the molecule is CCOC(=O)C(SC)SC(SC)C(=O)OCC. The molecule has 17 heavy (non-hydrogen) atoms. The van der Waals surface area contributed by atoms with Gasteiger partial charge in [-0.1, -0.05) is 0 Å². The highest BCUT2D eigenvalue weighted by Gasteiger charge is 2.28. The standard InChI is InChI=1S/C10H18O4S3/c1-5-13-7(11)9(15-3)17-10(16-4)8(12)14-6-2/h9-10H,5-6H2,1-4H3. The van der Waals surface area contributed by atoms with Crippen molar-refractivity contribution in [2.45, 2.75) is 23.0 Å². The summed E-state index contributed by atoms with van der Waals surface area (Å²) in [6, 6.07) is 0. The minimum atomic E-state index is -0.392. The Kier molecular flexibility index (Phi) is 9.96. The van der Waals surface area contributed by atoms with Crippen LogP contribution in [0.3, 0.4) is 0 Å². The molecule has 0 spiro atoms. The lowest BCUT2D eigenvalue weighted by molar-refractivity contribution is -0.140. The molecule has 0 radical (unpaired) electrons. The zero-order valence-electron chi connectivity index (χ0n) is 10.4. The third kappa shape index (κ3) is 6.47.